The highest BCUT2D eigenvalue weighted by atomic mass is 32.1. The number of allylic oxidation sites excluding steroid dienone is 1. The number of benzene rings is 3. The molecule has 0 saturated carbocycles. The number of ketones is 1. The number of fused-ring (bicyclic) bond motifs is 5. The van der Waals surface area contributed by atoms with Gasteiger partial charge in [-0.3, -0.25) is 14.2 Å². The maximum Gasteiger partial charge on any atom is 0.455 e. The molecule has 4 nitrogen and oxygen atoms in total. The minimum atomic E-state index is -5.32. The van der Waals surface area contributed by atoms with Crippen molar-refractivity contribution >= 4 is 44.2 Å². The van der Waals surface area contributed by atoms with Crippen LogP contribution in [0.2, 0.25) is 0 Å². The van der Waals surface area contributed by atoms with Gasteiger partial charge in [-0.05, 0) is 47.7 Å². The summed E-state index contributed by atoms with van der Waals surface area (Å²) in [6.45, 7) is 0. The van der Waals surface area contributed by atoms with E-state index in [2.05, 4.69) is 6.08 Å². The van der Waals surface area contributed by atoms with Crippen LogP contribution in [0, 0.1) is 0 Å². The fraction of sp³-hybridized carbons (Fsp3) is 0.103. The second-order valence-corrected chi connectivity index (χ2v) is 9.93. The fourth-order valence-electron chi connectivity index (χ4n) is 4.89. The van der Waals surface area contributed by atoms with E-state index in [-0.39, 0.29) is 10.9 Å². The molecule has 0 bridgehead atoms. The third-order valence-electron chi connectivity index (χ3n) is 6.62. The van der Waals surface area contributed by atoms with E-state index in [0.717, 1.165) is 44.4 Å². The largest absolute Gasteiger partial charge is 0.506 e. The Kier molecular flexibility index (Phi) is 5.31. The van der Waals surface area contributed by atoms with Crippen molar-refractivity contribution in [3.05, 3.63) is 99.2 Å². The van der Waals surface area contributed by atoms with E-state index in [1.807, 2.05) is 36.4 Å². The number of hydrogen-bond donors (Lipinski definition) is 1. The van der Waals surface area contributed by atoms with Crippen LogP contribution in [0.3, 0.4) is 0 Å². The molecule has 184 valence electrons. The summed E-state index contributed by atoms with van der Waals surface area (Å²) in [6, 6.07) is 19.5. The highest BCUT2D eigenvalue weighted by Crippen LogP contribution is 2.42. The molecule has 6 rings (SSSR count). The van der Waals surface area contributed by atoms with Gasteiger partial charge in [0.05, 0.1) is 10.2 Å². The number of alkyl halides is 3. The number of aromatic hydroxyl groups is 1. The van der Waals surface area contributed by atoms with Crippen molar-refractivity contribution in [2.45, 2.75) is 19.0 Å². The van der Waals surface area contributed by atoms with Gasteiger partial charge in [0.2, 0.25) is 0 Å². The van der Waals surface area contributed by atoms with Gasteiger partial charge in [0.1, 0.15) is 11.3 Å². The zero-order valence-electron chi connectivity index (χ0n) is 19.2. The quantitative estimate of drug-likeness (QED) is 0.256. The van der Waals surface area contributed by atoms with Crippen molar-refractivity contribution in [3.8, 4) is 22.6 Å². The lowest BCUT2D eigenvalue weighted by molar-refractivity contribution is -0.0887. The molecule has 0 saturated heterocycles. The molecule has 1 N–H and O–H groups in total. The summed E-state index contributed by atoms with van der Waals surface area (Å²) < 4.78 is 42.2. The molecule has 0 aliphatic heterocycles. The molecule has 0 amide bonds. The Bertz CT molecular complexity index is 1800. The number of aryl methyl sites for hydroxylation is 1. The number of halogens is 3. The lowest BCUT2D eigenvalue weighted by Crippen LogP contribution is -2.33. The first-order valence-corrected chi connectivity index (χ1v) is 12.4. The summed E-state index contributed by atoms with van der Waals surface area (Å²) in [7, 11) is 0. The van der Waals surface area contributed by atoms with E-state index in [0.29, 0.717) is 10.4 Å². The van der Waals surface area contributed by atoms with Crippen molar-refractivity contribution in [1.29, 1.82) is 0 Å². The molecule has 0 atom stereocenters. The lowest BCUT2D eigenvalue weighted by atomic mass is 10.00. The van der Waals surface area contributed by atoms with Gasteiger partial charge in [0.25, 0.3) is 11.3 Å². The number of aromatic nitrogens is 1. The molecule has 1 aliphatic carbocycles. The van der Waals surface area contributed by atoms with Crippen LogP contribution in [0.1, 0.15) is 27.2 Å². The Morgan fingerprint density at radius 3 is 2.30 bits per heavy atom. The van der Waals surface area contributed by atoms with Crippen LogP contribution in [-0.2, 0) is 6.42 Å². The van der Waals surface area contributed by atoms with E-state index >= 15 is 0 Å². The molecule has 37 heavy (non-hydrogen) atoms. The molecule has 8 heteroatoms. The van der Waals surface area contributed by atoms with Crippen LogP contribution in [0.5, 0.6) is 5.75 Å². The Morgan fingerprint density at radius 2 is 1.59 bits per heavy atom. The van der Waals surface area contributed by atoms with Crippen LogP contribution in [0.4, 0.5) is 13.2 Å². The minimum absolute atomic E-state index is 0.00872. The first kappa shape index (κ1) is 23.2. The Morgan fingerprint density at radius 1 is 0.919 bits per heavy atom. The maximum absolute atomic E-state index is 13.6. The number of pyridine rings is 1. The summed E-state index contributed by atoms with van der Waals surface area (Å²) in [5.74, 6) is -3.33. The summed E-state index contributed by atoms with van der Waals surface area (Å²) in [4.78, 5) is 27.0. The van der Waals surface area contributed by atoms with Crippen molar-refractivity contribution < 1.29 is 23.1 Å². The van der Waals surface area contributed by atoms with Gasteiger partial charge in [0, 0.05) is 21.3 Å². The summed E-state index contributed by atoms with van der Waals surface area (Å²) in [5.41, 5.74) is 0.863. The van der Waals surface area contributed by atoms with Crippen LogP contribution in [-0.4, -0.2) is 21.6 Å². The second kappa shape index (κ2) is 8.45. The van der Waals surface area contributed by atoms with Crippen LogP contribution >= 0.6 is 11.3 Å². The number of carbonyl (C=O) groups excluding carboxylic acids is 1. The number of rotatable bonds is 3. The third kappa shape index (κ3) is 3.67. The Labute approximate surface area is 212 Å². The van der Waals surface area contributed by atoms with Crippen molar-refractivity contribution in [2.75, 3.05) is 0 Å². The zero-order valence-corrected chi connectivity index (χ0v) is 20.0. The van der Waals surface area contributed by atoms with Gasteiger partial charge in [-0.2, -0.15) is 13.2 Å². The molecule has 2 heterocycles. The number of hydrogen-bond acceptors (Lipinski definition) is 4. The Balaban J connectivity index is 1.70. The van der Waals surface area contributed by atoms with Gasteiger partial charge in [-0.25, -0.2) is 0 Å². The highest BCUT2D eigenvalue weighted by molar-refractivity contribution is 7.20. The predicted molar refractivity (Wildman–Crippen MR) is 140 cm³/mol. The summed E-state index contributed by atoms with van der Waals surface area (Å²) in [6.07, 6.45) is 0.398. The van der Waals surface area contributed by atoms with Gasteiger partial charge in [0.15, 0.2) is 0 Å². The van der Waals surface area contributed by atoms with Crippen LogP contribution in [0.15, 0.2) is 77.6 Å². The molecular formula is C29H18F3NO3S. The molecular weight excluding hydrogens is 499 g/mol. The topological polar surface area (TPSA) is 59.3 Å². The van der Waals surface area contributed by atoms with E-state index in [4.69, 9.17) is 0 Å². The minimum Gasteiger partial charge on any atom is -0.506 e. The van der Waals surface area contributed by atoms with E-state index in [9.17, 15) is 27.9 Å². The summed E-state index contributed by atoms with van der Waals surface area (Å²) >= 11 is 1.45. The first-order valence-electron chi connectivity index (χ1n) is 11.6. The van der Waals surface area contributed by atoms with Crippen molar-refractivity contribution in [2.24, 2.45) is 0 Å². The molecule has 0 radical (unpaired) electrons. The number of Topliss-reactive ketones (excluding diaryl/α,β-unsaturated/α-hetero) is 1. The molecule has 0 fully saturated rings. The third-order valence-corrected chi connectivity index (χ3v) is 7.91. The van der Waals surface area contributed by atoms with Gasteiger partial charge < -0.3 is 5.11 Å². The lowest BCUT2D eigenvalue weighted by Gasteiger charge is -2.16. The van der Waals surface area contributed by atoms with E-state index < -0.39 is 28.8 Å². The van der Waals surface area contributed by atoms with Crippen LogP contribution < -0.4 is 5.56 Å². The summed E-state index contributed by atoms with van der Waals surface area (Å²) in [5, 5.41) is 11.7. The normalized spacial score (nSPS) is 13.3. The zero-order chi connectivity index (χ0) is 25.9. The second-order valence-electron chi connectivity index (χ2n) is 8.82. The molecule has 0 unspecified atom stereocenters. The average molecular weight is 518 g/mol. The van der Waals surface area contributed by atoms with Gasteiger partial charge in [-0.1, -0.05) is 60.7 Å². The monoisotopic (exact) mass is 517 g/mol. The van der Waals surface area contributed by atoms with Gasteiger partial charge in [-0.15, -0.1) is 11.3 Å². The molecule has 2 aromatic heterocycles. The number of carbonyl (C=O) groups is 1. The molecule has 1 aliphatic rings. The standard InChI is InChI=1S/C29H18F3NO3S/c30-29(31,32)27(35)23-25(34)21-15-14-20-19-8-4-5-9-22(19)37-26(20)24(21)33(28(23)36)18-12-10-17(11-13-18)16-6-2-1-3-7-16/h1-4,6-8,10-15,34H,5,9H2. The first-order chi connectivity index (χ1) is 17.8. The van der Waals surface area contributed by atoms with Crippen LogP contribution in [0.25, 0.3) is 43.9 Å². The van der Waals surface area contributed by atoms with Crippen molar-refractivity contribution in [3.63, 3.8) is 0 Å². The smallest absolute Gasteiger partial charge is 0.455 e. The fourth-order valence-corrected chi connectivity index (χ4v) is 6.23. The van der Waals surface area contributed by atoms with E-state index in [1.165, 1.54) is 17.4 Å². The molecule has 5 aromatic rings. The highest BCUT2D eigenvalue weighted by Gasteiger charge is 2.43. The maximum atomic E-state index is 13.6. The molecule has 3 aromatic carbocycles. The molecule has 0 spiro atoms. The Hall–Kier alpha value is -4.17. The van der Waals surface area contributed by atoms with Crippen molar-refractivity contribution in [1.82, 2.24) is 4.57 Å². The SMILES string of the molecule is O=C(c1c(O)c2ccc3c4c(sc3c2n(-c2ccc(-c3ccccc3)cc2)c1=O)CCC=C4)C(F)(F)F. The number of nitrogens with zero attached hydrogens (tertiary/aromatic N) is 1. The predicted octanol–water partition coefficient (Wildman–Crippen LogP) is 7.28. The van der Waals surface area contributed by atoms with E-state index in [1.54, 1.807) is 30.3 Å². The number of thiophene rings is 1. The average Bonchev–Trinajstić information content (AvgIpc) is 3.28. The van der Waals surface area contributed by atoms with Gasteiger partial charge >= 0.3 is 6.18 Å².